The van der Waals surface area contributed by atoms with Gasteiger partial charge in [0.25, 0.3) is 0 Å². The molecule has 0 radical (unpaired) electrons. The van der Waals surface area contributed by atoms with Crippen molar-refractivity contribution in [3.8, 4) is 0 Å². The van der Waals surface area contributed by atoms with E-state index < -0.39 is 22.2 Å². The number of hydrogen-bond acceptors (Lipinski definition) is 3. The zero-order valence-electron chi connectivity index (χ0n) is 13.0. The number of hydrogen-bond donors (Lipinski definition) is 1. The molecule has 2 atom stereocenters. The predicted octanol–water partition coefficient (Wildman–Crippen LogP) is 2.74. The van der Waals surface area contributed by atoms with Crippen molar-refractivity contribution < 1.29 is 13.5 Å². The first-order valence-corrected chi connectivity index (χ1v) is 8.56. The van der Waals surface area contributed by atoms with Gasteiger partial charge in [-0.2, -0.15) is 4.31 Å². The number of likely N-dealkylation sites (N-methyl/N-ethyl adjacent to an activating group) is 1. The molecule has 0 fully saturated rings. The second-order valence-electron chi connectivity index (χ2n) is 5.43. The Labute approximate surface area is 132 Å². The fourth-order valence-corrected chi connectivity index (χ4v) is 3.59. The standard InChI is InChI=1S/C17H21NO3S/c1-13-9-11-16(12-10-13)22(20,21)18(3)14(2)17(19)15-7-5-4-6-8-15/h4-12,14,17,19H,1-3H3/t14-,17+/m0/s1. The van der Waals surface area contributed by atoms with E-state index in [2.05, 4.69) is 0 Å². The predicted molar refractivity (Wildman–Crippen MR) is 87.0 cm³/mol. The maximum Gasteiger partial charge on any atom is 0.243 e. The van der Waals surface area contributed by atoms with E-state index in [1.54, 1.807) is 43.3 Å². The Morgan fingerprint density at radius 1 is 1.00 bits per heavy atom. The molecule has 118 valence electrons. The van der Waals surface area contributed by atoms with Crippen molar-refractivity contribution in [2.45, 2.75) is 30.9 Å². The van der Waals surface area contributed by atoms with Crippen LogP contribution in [0.4, 0.5) is 0 Å². The highest BCUT2D eigenvalue weighted by Crippen LogP contribution is 2.25. The van der Waals surface area contributed by atoms with E-state index in [1.165, 1.54) is 11.4 Å². The van der Waals surface area contributed by atoms with E-state index in [9.17, 15) is 13.5 Å². The molecule has 5 heteroatoms. The third kappa shape index (κ3) is 3.38. The highest BCUT2D eigenvalue weighted by molar-refractivity contribution is 7.89. The highest BCUT2D eigenvalue weighted by atomic mass is 32.2. The van der Waals surface area contributed by atoms with Gasteiger partial charge in [-0.15, -0.1) is 0 Å². The Kier molecular flexibility index (Phi) is 5.01. The Morgan fingerprint density at radius 2 is 1.55 bits per heavy atom. The lowest BCUT2D eigenvalue weighted by atomic mass is 10.0. The van der Waals surface area contributed by atoms with Gasteiger partial charge in [-0.1, -0.05) is 48.0 Å². The number of aliphatic hydroxyl groups excluding tert-OH is 1. The van der Waals surface area contributed by atoms with E-state index in [-0.39, 0.29) is 4.90 Å². The molecule has 1 N–H and O–H groups in total. The van der Waals surface area contributed by atoms with Crippen LogP contribution in [-0.2, 0) is 10.0 Å². The van der Waals surface area contributed by atoms with E-state index in [0.29, 0.717) is 5.56 Å². The zero-order valence-corrected chi connectivity index (χ0v) is 13.8. The summed E-state index contributed by atoms with van der Waals surface area (Å²) in [5.41, 5.74) is 1.69. The van der Waals surface area contributed by atoms with Crippen LogP contribution >= 0.6 is 0 Å². The average molecular weight is 319 g/mol. The average Bonchev–Trinajstić information content (AvgIpc) is 2.54. The van der Waals surface area contributed by atoms with Gasteiger partial charge in [0.05, 0.1) is 17.0 Å². The number of rotatable bonds is 5. The number of benzene rings is 2. The second kappa shape index (κ2) is 6.60. The van der Waals surface area contributed by atoms with Crippen LogP contribution in [0, 0.1) is 6.92 Å². The normalized spacial score (nSPS) is 14.8. The lowest BCUT2D eigenvalue weighted by Gasteiger charge is -2.28. The molecular weight excluding hydrogens is 298 g/mol. The minimum Gasteiger partial charge on any atom is -0.387 e. The molecule has 0 aliphatic rings. The molecule has 2 aromatic rings. The van der Waals surface area contributed by atoms with Gasteiger partial charge in [0.2, 0.25) is 10.0 Å². The molecule has 0 amide bonds. The number of nitrogens with zero attached hydrogens (tertiary/aromatic N) is 1. The number of sulfonamides is 1. The monoisotopic (exact) mass is 319 g/mol. The van der Waals surface area contributed by atoms with Gasteiger partial charge in [0.15, 0.2) is 0 Å². The van der Waals surface area contributed by atoms with Crippen LogP contribution in [0.25, 0.3) is 0 Å². The third-order valence-corrected chi connectivity index (χ3v) is 5.83. The summed E-state index contributed by atoms with van der Waals surface area (Å²) in [5.74, 6) is 0. The zero-order chi connectivity index (χ0) is 16.3. The van der Waals surface area contributed by atoms with Crippen LogP contribution in [0.2, 0.25) is 0 Å². The molecule has 0 heterocycles. The molecule has 22 heavy (non-hydrogen) atoms. The van der Waals surface area contributed by atoms with E-state index in [1.807, 2.05) is 25.1 Å². The van der Waals surface area contributed by atoms with Crippen LogP contribution < -0.4 is 0 Å². The van der Waals surface area contributed by atoms with Crippen molar-refractivity contribution in [2.75, 3.05) is 7.05 Å². The fourth-order valence-electron chi connectivity index (χ4n) is 2.22. The molecule has 0 spiro atoms. The number of aliphatic hydroxyl groups is 1. The molecule has 0 bridgehead atoms. The first-order valence-electron chi connectivity index (χ1n) is 7.12. The van der Waals surface area contributed by atoms with Gasteiger partial charge in [0.1, 0.15) is 0 Å². The van der Waals surface area contributed by atoms with Crippen LogP contribution in [0.1, 0.15) is 24.2 Å². The second-order valence-corrected chi connectivity index (χ2v) is 7.43. The minimum atomic E-state index is -3.63. The lowest BCUT2D eigenvalue weighted by molar-refractivity contribution is 0.108. The molecule has 2 rings (SSSR count). The van der Waals surface area contributed by atoms with Gasteiger partial charge in [-0.25, -0.2) is 8.42 Å². The summed E-state index contributed by atoms with van der Waals surface area (Å²) < 4.78 is 26.5. The molecule has 4 nitrogen and oxygen atoms in total. The van der Waals surface area contributed by atoms with Gasteiger partial charge < -0.3 is 5.11 Å². The van der Waals surface area contributed by atoms with Crippen LogP contribution in [-0.4, -0.2) is 30.9 Å². The molecule has 0 saturated carbocycles. The summed E-state index contributed by atoms with van der Waals surface area (Å²) in [4.78, 5) is 0.229. The van der Waals surface area contributed by atoms with Crippen molar-refractivity contribution >= 4 is 10.0 Å². The Bertz CT molecular complexity index is 711. The molecule has 0 aliphatic carbocycles. The van der Waals surface area contributed by atoms with Crippen LogP contribution in [0.3, 0.4) is 0 Å². The van der Waals surface area contributed by atoms with Crippen molar-refractivity contribution in [1.29, 1.82) is 0 Å². The van der Waals surface area contributed by atoms with E-state index in [4.69, 9.17) is 0 Å². The van der Waals surface area contributed by atoms with E-state index in [0.717, 1.165) is 5.56 Å². The lowest BCUT2D eigenvalue weighted by Crippen LogP contribution is -2.39. The largest absolute Gasteiger partial charge is 0.387 e. The van der Waals surface area contributed by atoms with Gasteiger partial charge >= 0.3 is 0 Å². The summed E-state index contributed by atoms with van der Waals surface area (Å²) in [6, 6.07) is 15.2. The van der Waals surface area contributed by atoms with Crippen molar-refractivity contribution in [1.82, 2.24) is 4.31 Å². The summed E-state index contributed by atoms with van der Waals surface area (Å²) in [7, 11) is -2.14. The van der Waals surface area contributed by atoms with Crippen LogP contribution in [0.15, 0.2) is 59.5 Å². The highest BCUT2D eigenvalue weighted by Gasteiger charge is 2.30. The molecular formula is C17H21NO3S. The molecule has 0 aromatic heterocycles. The van der Waals surface area contributed by atoms with Gasteiger partial charge in [-0.3, -0.25) is 0 Å². The summed E-state index contributed by atoms with van der Waals surface area (Å²) in [6.07, 6.45) is -0.883. The van der Waals surface area contributed by atoms with Crippen molar-refractivity contribution in [3.63, 3.8) is 0 Å². The quantitative estimate of drug-likeness (QED) is 0.922. The molecule has 2 aromatic carbocycles. The summed E-state index contributed by atoms with van der Waals surface area (Å²) >= 11 is 0. The maximum atomic E-state index is 12.6. The first kappa shape index (κ1) is 16.7. The van der Waals surface area contributed by atoms with Gasteiger partial charge in [0, 0.05) is 7.05 Å². The van der Waals surface area contributed by atoms with Crippen LogP contribution in [0.5, 0.6) is 0 Å². The Balaban J connectivity index is 2.26. The molecule has 0 aliphatic heterocycles. The summed E-state index contributed by atoms with van der Waals surface area (Å²) in [5, 5.41) is 10.4. The van der Waals surface area contributed by atoms with E-state index >= 15 is 0 Å². The first-order chi connectivity index (χ1) is 10.3. The summed E-state index contributed by atoms with van der Waals surface area (Å²) in [6.45, 7) is 3.60. The van der Waals surface area contributed by atoms with Gasteiger partial charge in [-0.05, 0) is 31.5 Å². The Hall–Kier alpha value is -1.69. The Morgan fingerprint density at radius 3 is 2.09 bits per heavy atom. The smallest absolute Gasteiger partial charge is 0.243 e. The third-order valence-electron chi connectivity index (χ3n) is 3.87. The minimum absolute atomic E-state index is 0.229. The SMILES string of the molecule is Cc1ccc(S(=O)(=O)N(C)[C@@H](C)[C@@H](O)c2ccccc2)cc1. The molecule has 0 unspecified atom stereocenters. The maximum absolute atomic E-state index is 12.6. The van der Waals surface area contributed by atoms with Crippen molar-refractivity contribution in [3.05, 3.63) is 65.7 Å². The topological polar surface area (TPSA) is 57.6 Å². The molecule has 0 saturated heterocycles. The number of aryl methyl sites for hydroxylation is 1. The van der Waals surface area contributed by atoms with Crippen molar-refractivity contribution in [2.24, 2.45) is 0 Å². The fraction of sp³-hybridized carbons (Fsp3) is 0.294.